The first-order valence-electron chi connectivity index (χ1n) is 9.31. The molecule has 5 nitrogen and oxygen atoms in total. The van der Waals surface area contributed by atoms with Gasteiger partial charge in [0.15, 0.2) is 0 Å². The monoisotopic (exact) mass is 406 g/mol. The second-order valence-electron chi connectivity index (χ2n) is 7.23. The van der Waals surface area contributed by atoms with E-state index in [9.17, 15) is 17.6 Å². The van der Waals surface area contributed by atoms with Crippen molar-refractivity contribution >= 4 is 15.9 Å². The van der Waals surface area contributed by atoms with Crippen molar-refractivity contribution in [1.82, 2.24) is 10.0 Å². The van der Waals surface area contributed by atoms with Crippen molar-refractivity contribution in [2.75, 3.05) is 6.54 Å². The molecule has 152 valence electrons. The van der Waals surface area contributed by atoms with Crippen LogP contribution in [0, 0.1) is 11.7 Å². The molecule has 0 saturated heterocycles. The summed E-state index contributed by atoms with van der Waals surface area (Å²) in [4.78, 5) is 12.4. The van der Waals surface area contributed by atoms with E-state index in [4.69, 9.17) is 0 Å². The van der Waals surface area contributed by atoms with E-state index < -0.39 is 10.0 Å². The van der Waals surface area contributed by atoms with Gasteiger partial charge in [-0.3, -0.25) is 4.79 Å². The van der Waals surface area contributed by atoms with E-state index in [0.717, 1.165) is 11.1 Å². The Labute approximate surface area is 166 Å². The number of sulfonamides is 1. The molecule has 0 aliphatic rings. The average molecular weight is 407 g/mol. The maximum Gasteiger partial charge on any atom is 0.240 e. The van der Waals surface area contributed by atoms with E-state index in [1.54, 1.807) is 36.4 Å². The van der Waals surface area contributed by atoms with Gasteiger partial charge in [0.1, 0.15) is 5.82 Å². The molecular formula is C21H27FN2O3S. The minimum Gasteiger partial charge on any atom is -0.350 e. The molecule has 0 aliphatic heterocycles. The molecule has 0 bridgehead atoms. The molecule has 0 aromatic heterocycles. The lowest BCUT2D eigenvalue weighted by atomic mass is 10.1. The lowest BCUT2D eigenvalue weighted by molar-refractivity contribution is -0.121. The summed E-state index contributed by atoms with van der Waals surface area (Å²) < 4.78 is 39.9. The summed E-state index contributed by atoms with van der Waals surface area (Å²) >= 11 is 0. The third-order valence-electron chi connectivity index (χ3n) is 4.30. The number of carbonyl (C=O) groups excluding carboxylic acids is 1. The van der Waals surface area contributed by atoms with Crippen molar-refractivity contribution in [3.05, 3.63) is 65.5 Å². The van der Waals surface area contributed by atoms with Crippen LogP contribution in [0.1, 0.15) is 44.4 Å². The second kappa shape index (κ2) is 9.80. The molecule has 0 fully saturated rings. The van der Waals surface area contributed by atoms with Crippen LogP contribution in [-0.4, -0.2) is 20.9 Å². The van der Waals surface area contributed by atoms with Gasteiger partial charge in [0.25, 0.3) is 0 Å². The van der Waals surface area contributed by atoms with Crippen LogP contribution in [0.15, 0.2) is 53.4 Å². The van der Waals surface area contributed by atoms with E-state index >= 15 is 0 Å². The van der Waals surface area contributed by atoms with Crippen LogP contribution in [0.2, 0.25) is 0 Å². The second-order valence-corrected chi connectivity index (χ2v) is 9.00. The normalized spacial score (nSPS) is 12.8. The topological polar surface area (TPSA) is 75.3 Å². The zero-order valence-corrected chi connectivity index (χ0v) is 17.2. The van der Waals surface area contributed by atoms with Gasteiger partial charge in [-0.2, -0.15) is 0 Å². The van der Waals surface area contributed by atoms with Crippen LogP contribution in [0.5, 0.6) is 0 Å². The lowest BCUT2D eigenvalue weighted by Crippen LogP contribution is -2.27. The Morgan fingerprint density at radius 3 is 2.18 bits per heavy atom. The fourth-order valence-corrected chi connectivity index (χ4v) is 3.82. The summed E-state index contributed by atoms with van der Waals surface area (Å²) in [5.41, 5.74) is 1.71. The van der Waals surface area contributed by atoms with Crippen LogP contribution >= 0.6 is 0 Å². The number of amides is 1. The third kappa shape index (κ3) is 6.73. The predicted octanol–water partition coefficient (Wildman–Crippen LogP) is 3.57. The zero-order chi connectivity index (χ0) is 20.7. The standard InChI is InChI=1S/C21H27FN2O3S/c1-15(2)14-23-28(26,27)20-11-4-17(5-12-20)6-13-21(25)24-16(3)18-7-9-19(22)10-8-18/h4-5,7-12,15-16,23H,6,13-14H2,1-3H3,(H,24,25)/t16-/m0/s1. The zero-order valence-electron chi connectivity index (χ0n) is 16.4. The molecule has 2 rings (SSSR count). The minimum atomic E-state index is -3.51. The highest BCUT2D eigenvalue weighted by Gasteiger charge is 2.14. The van der Waals surface area contributed by atoms with Crippen LogP contribution in [0.25, 0.3) is 0 Å². The molecule has 0 aliphatic carbocycles. The summed E-state index contributed by atoms with van der Waals surface area (Å²) in [6.07, 6.45) is 0.783. The smallest absolute Gasteiger partial charge is 0.240 e. The molecule has 0 saturated carbocycles. The number of hydrogen-bond acceptors (Lipinski definition) is 3. The van der Waals surface area contributed by atoms with Crippen LogP contribution in [-0.2, 0) is 21.2 Å². The van der Waals surface area contributed by atoms with Crippen molar-refractivity contribution in [3.63, 3.8) is 0 Å². The van der Waals surface area contributed by atoms with Gasteiger partial charge in [-0.1, -0.05) is 38.1 Å². The summed E-state index contributed by atoms with van der Waals surface area (Å²) in [5, 5.41) is 2.88. The average Bonchev–Trinajstić information content (AvgIpc) is 2.65. The van der Waals surface area contributed by atoms with Crippen LogP contribution < -0.4 is 10.0 Å². The molecule has 0 heterocycles. The van der Waals surface area contributed by atoms with Gasteiger partial charge in [-0.15, -0.1) is 0 Å². The van der Waals surface area contributed by atoms with E-state index in [0.29, 0.717) is 13.0 Å². The van der Waals surface area contributed by atoms with E-state index in [2.05, 4.69) is 10.0 Å². The fraction of sp³-hybridized carbons (Fsp3) is 0.381. The molecule has 28 heavy (non-hydrogen) atoms. The lowest BCUT2D eigenvalue weighted by Gasteiger charge is -2.14. The minimum absolute atomic E-state index is 0.118. The van der Waals surface area contributed by atoms with E-state index in [1.807, 2.05) is 20.8 Å². The first-order valence-corrected chi connectivity index (χ1v) is 10.8. The van der Waals surface area contributed by atoms with Crippen LogP contribution in [0.3, 0.4) is 0 Å². The van der Waals surface area contributed by atoms with Gasteiger partial charge < -0.3 is 5.32 Å². The van der Waals surface area contributed by atoms with Crippen molar-refractivity contribution in [2.24, 2.45) is 5.92 Å². The molecule has 0 spiro atoms. The number of nitrogens with one attached hydrogen (secondary N) is 2. The van der Waals surface area contributed by atoms with Crippen LogP contribution in [0.4, 0.5) is 4.39 Å². The predicted molar refractivity (Wildman–Crippen MR) is 108 cm³/mol. The molecule has 2 N–H and O–H groups in total. The number of benzene rings is 2. The van der Waals surface area contributed by atoms with Gasteiger partial charge in [0.2, 0.25) is 15.9 Å². The number of carbonyl (C=O) groups is 1. The molecular weight excluding hydrogens is 379 g/mol. The highest BCUT2D eigenvalue weighted by molar-refractivity contribution is 7.89. The highest BCUT2D eigenvalue weighted by atomic mass is 32.2. The Balaban J connectivity index is 1.87. The number of aryl methyl sites for hydroxylation is 1. The first-order chi connectivity index (χ1) is 13.2. The van der Waals surface area contributed by atoms with Gasteiger partial charge in [-0.05, 0) is 54.7 Å². The molecule has 0 unspecified atom stereocenters. The number of hydrogen-bond donors (Lipinski definition) is 2. The van der Waals surface area contributed by atoms with Gasteiger partial charge in [0, 0.05) is 13.0 Å². The quantitative estimate of drug-likeness (QED) is 0.668. The first kappa shape index (κ1) is 22.0. The maximum atomic E-state index is 13.0. The van der Waals surface area contributed by atoms with Gasteiger partial charge in [0.05, 0.1) is 10.9 Å². The molecule has 2 aromatic rings. The molecule has 7 heteroatoms. The van der Waals surface area contributed by atoms with Crippen molar-refractivity contribution in [2.45, 2.75) is 44.6 Å². The Bertz CT molecular complexity index is 879. The third-order valence-corrected chi connectivity index (χ3v) is 5.74. The summed E-state index contributed by atoms with van der Waals surface area (Å²) in [6, 6.07) is 12.4. The largest absolute Gasteiger partial charge is 0.350 e. The highest BCUT2D eigenvalue weighted by Crippen LogP contribution is 2.15. The van der Waals surface area contributed by atoms with Crippen molar-refractivity contribution < 1.29 is 17.6 Å². The molecule has 1 atom stereocenters. The summed E-state index contributed by atoms with van der Waals surface area (Å²) in [6.45, 7) is 6.10. The molecule has 2 aromatic carbocycles. The van der Waals surface area contributed by atoms with Gasteiger partial charge >= 0.3 is 0 Å². The SMILES string of the molecule is CC(C)CNS(=O)(=O)c1ccc(CCC(=O)N[C@@H](C)c2ccc(F)cc2)cc1. The van der Waals surface area contributed by atoms with E-state index in [1.165, 1.54) is 12.1 Å². The number of rotatable bonds is 9. The Morgan fingerprint density at radius 2 is 1.61 bits per heavy atom. The van der Waals surface area contributed by atoms with Crippen molar-refractivity contribution in [1.29, 1.82) is 0 Å². The Hall–Kier alpha value is -2.25. The Kier molecular flexibility index (Phi) is 7.71. The summed E-state index contributed by atoms with van der Waals surface area (Å²) in [5.74, 6) is -0.205. The fourth-order valence-electron chi connectivity index (χ4n) is 2.60. The van der Waals surface area contributed by atoms with Gasteiger partial charge in [-0.25, -0.2) is 17.5 Å². The maximum absolute atomic E-state index is 13.0. The summed E-state index contributed by atoms with van der Waals surface area (Å²) in [7, 11) is -3.51. The molecule has 1 amide bonds. The Morgan fingerprint density at radius 1 is 1.00 bits per heavy atom. The van der Waals surface area contributed by atoms with E-state index in [-0.39, 0.29) is 35.0 Å². The molecule has 0 radical (unpaired) electrons. The number of halogens is 1. The van der Waals surface area contributed by atoms with Crippen molar-refractivity contribution in [3.8, 4) is 0 Å².